The number of amides is 1. The summed E-state index contributed by atoms with van der Waals surface area (Å²) >= 11 is 1.45. The minimum Gasteiger partial charge on any atom is -0.401 e. The van der Waals surface area contributed by atoms with E-state index in [0.717, 1.165) is 37.1 Å². The fraction of sp³-hybridized carbons (Fsp3) is 0.400. The zero-order valence-corrected chi connectivity index (χ0v) is 18.9. The molecular weight excluding hydrogens is 438 g/mol. The number of nitrogens with one attached hydrogen (secondary N) is 1. The van der Waals surface area contributed by atoms with Gasteiger partial charge in [0.15, 0.2) is 0 Å². The van der Waals surface area contributed by atoms with Gasteiger partial charge in [-0.15, -0.1) is 16.4 Å². The van der Waals surface area contributed by atoms with E-state index in [2.05, 4.69) is 20.5 Å². The van der Waals surface area contributed by atoms with E-state index in [1.54, 1.807) is 12.4 Å². The van der Waals surface area contributed by atoms with E-state index in [9.17, 15) is 13.2 Å². The quantitative estimate of drug-likeness (QED) is 0.594. The van der Waals surface area contributed by atoms with Crippen LogP contribution in [-0.4, -0.2) is 46.9 Å². The Balaban J connectivity index is 1.44. The van der Waals surface area contributed by atoms with Crippen LogP contribution in [0.1, 0.15) is 47.5 Å². The molecule has 2 heterocycles. The number of benzene rings is 1. The summed E-state index contributed by atoms with van der Waals surface area (Å²) in [5.41, 5.74) is 0.829. The summed E-state index contributed by atoms with van der Waals surface area (Å²) in [6.45, 7) is 1.87. The van der Waals surface area contributed by atoms with Gasteiger partial charge in [-0.1, -0.05) is 24.4 Å². The Hall–Kier alpha value is -2.63. The molecule has 0 atom stereocenters. The molecule has 164 valence electrons. The standard InChI is InChI=1S/C20H23N5O4S2/c1-13-21-17(12-30-13)19-23-24-20(29-19)22-18(26)14-8-10-16(11-9-14)31(27,28)25(2)15-6-4-3-5-7-15/h8-12,15H,3-7H2,1-2H3,(H,22,24,26). The smallest absolute Gasteiger partial charge is 0.322 e. The molecule has 0 unspecified atom stereocenters. The molecule has 1 saturated carbocycles. The van der Waals surface area contributed by atoms with Gasteiger partial charge in [0.05, 0.1) is 9.90 Å². The molecule has 0 bridgehead atoms. The molecule has 3 aromatic rings. The Kier molecular flexibility index (Phi) is 6.17. The monoisotopic (exact) mass is 461 g/mol. The van der Waals surface area contributed by atoms with Crippen molar-refractivity contribution in [1.29, 1.82) is 0 Å². The molecule has 2 aromatic heterocycles. The first-order valence-corrected chi connectivity index (χ1v) is 12.3. The van der Waals surface area contributed by atoms with E-state index in [4.69, 9.17) is 4.42 Å². The molecule has 9 nitrogen and oxygen atoms in total. The molecule has 0 radical (unpaired) electrons. The van der Waals surface area contributed by atoms with Crippen LogP contribution in [0.2, 0.25) is 0 Å². The normalized spacial score (nSPS) is 15.3. The molecule has 11 heteroatoms. The summed E-state index contributed by atoms with van der Waals surface area (Å²) in [5.74, 6) is -0.263. The number of nitrogens with zero attached hydrogens (tertiary/aromatic N) is 4. The summed E-state index contributed by atoms with van der Waals surface area (Å²) in [6.07, 6.45) is 5.00. The Morgan fingerprint density at radius 3 is 2.52 bits per heavy atom. The van der Waals surface area contributed by atoms with Crippen molar-refractivity contribution < 1.29 is 17.6 Å². The van der Waals surface area contributed by atoms with Gasteiger partial charge in [-0.05, 0) is 44.0 Å². The van der Waals surface area contributed by atoms with Crippen LogP contribution in [0.25, 0.3) is 11.6 Å². The molecule has 1 N–H and O–H groups in total. The highest BCUT2D eigenvalue weighted by Gasteiger charge is 2.29. The predicted molar refractivity (Wildman–Crippen MR) is 116 cm³/mol. The van der Waals surface area contributed by atoms with Gasteiger partial charge >= 0.3 is 6.01 Å². The van der Waals surface area contributed by atoms with Crippen molar-refractivity contribution >= 4 is 33.3 Å². The summed E-state index contributed by atoms with van der Waals surface area (Å²) in [6, 6.07) is 5.80. The molecule has 1 aliphatic carbocycles. The van der Waals surface area contributed by atoms with Gasteiger partial charge in [0.25, 0.3) is 11.8 Å². The summed E-state index contributed by atoms with van der Waals surface area (Å²) < 4.78 is 32.8. The van der Waals surface area contributed by atoms with Crippen molar-refractivity contribution in [2.75, 3.05) is 12.4 Å². The molecule has 1 amide bonds. The highest BCUT2D eigenvalue weighted by Crippen LogP contribution is 2.27. The van der Waals surface area contributed by atoms with E-state index >= 15 is 0 Å². The Morgan fingerprint density at radius 1 is 1.16 bits per heavy atom. The van der Waals surface area contributed by atoms with Crippen molar-refractivity contribution in [1.82, 2.24) is 19.5 Å². The minimum absolute atomic E-state index is 0.0231. The summed E-state index contributed by atoms with van der Waals surface area (Å²) in [4.78, 5) is 16.9. The van der Waals surface area contributed by atoms with Crippen molar-refractivity contribution in [3.05, 3.63) is 40.2 Å². The molecular formula is C20H23N5O4S2. The number of carbonyl (C=O) groups excluding carboxylic acids is 1. The topological polar surface area (TPSA) is 118 Å². The lowest BCUT2D eigenvalue weighted by Crippen LogP contribution is -2.38. The van der Waals surface area contributed by atoms with E-state index in [1.807, 2.05) is 6.92 Å². The van der Waals surface area contributed by atoms with Crippen LogP contribution >= 0.6 is 11.3 Å². The van der Waals surface area contributed by atoms with Crippen molar-refractivity contribution in [3.63, 3.8) is 0 Å². The van der Waals surface area contributed by atoms with Crippen LogP contribution < -0.4 is 5.32 Å². The number of sulfonamides is 1. The van der Waals surface area contributed by atoms with Gasteiger partial charge < -0.3 is 4.42 Å². The lowest BCUT2D eigenvalue weighted by atomic mass is 9.96. The van der Waals surface area contributed by atoms with Gasteiger partial charge in [-0.3, -0.25) is 10.1 Å². The maximum atomic E-state index is 12.9. The van der Waals surface area contributed by atoms with Gasteiger partial charge in [0, 0.05) is 24.0 Å². The molecule has 4 rings (SSSR count). The van der Waals surface area contributed by atoms with E-state index in [0.29, 0.717) is 5.69 Å². The van der Waals surface area contributed by atoms with Crippen LogP contribution in [-0.2, 0) is 10.0 Å². The Bertz CT molecular complexity index is 1160. The minimum atomic E-state index is -3.61. The molecule has 31 heavy (non-hydrogen) atoms. The maximum Gasteiger partial charge on any atom is 0.322 e. The van der Waals surface area contributed by atoms with Crippen LogP contribution in [0.4, 0.5) is 6.01 Å². The Labute approximate surface area is 184 Å². The molecule has 1 aliphatic rings. The molecule has 1 fully saturated rings. The third kappa shape index (κ3) is 4.68. The number of rotatable bonds is 6. The second-order valence-electron chi connectivity index (χ2n) is 7.46. The largest absolute Gasteiger partial charge is 0.401 e. The number of hydrogen-bond donors (Lipinski definition) is 1. The first kappa shape index (κ1) is 21.6. The zero-order valence-electron chi connectivity index (χ0n) is 17.2. The van der Waals surface area contributed by atoms with Crippen molar-refractivity contribution in [2.24, 2.45) is 0 Å². The van der Waals surface area contributed by atoms with Crippen LogP contribution in [0.5, 0.6) is 0 Å². The molecule has 0 aliphatic heterocycles. The van der Waals surface area contributed by atoms with Gasteiger partial charge in [-0.25, -0.2) is 13.4 Å². The van der Waals surface area contributed by atoms with Crippen molar-refractivity contribution in [2.45, 2.75) is 50.0 Å². The summed E-state index contributed by atoms with van der Waals surface area (Å²) in [5, 5.41) is 12.9. The van der Waals surface area contributed by atoms with Gasteiger partial charge in [-0.2, -0.15) is 4.31 Å². The highest BCUT2D eigenvalue weighted by molar-refractivity contribution is 7.89. The predicted octanol–water partition coefficient (Wildman–Crippen LogP) is 3.71. The average molecular weight is 462 g/mol. The van der Waals surface area contributed by atoms with Crippen LogP contribution in [0.15, 0.2) is 39.0 Å². The Morgan fingerprint density at radius 2 is 1.87 bits per heavy atom. The number of aryl methyl sites for hydroxylation is 1. The zero-order chi connectivity index (χ0) is 22.0. The lowest BCUT2D eigenvalue weighted by Gasteiger charge is -2.30. The average Bonchev–Trinajstić information content (AvgIpc) is 3.42. The van der Waals surface area contributed by atoms with Crippen LogP contribution in [0.3, 0.4) is 0 Å². The molecule has 1 aromatic carbocycles. The van der Waals surface area contributed by atoms with Gasteiger partial charge in [0.2, 0.25) is 10.0 Å². The van der Waals surface area contributed by atoms with Crippen LogP contribution in [0, 0.1) is 6.92 Å². The summed E-state index contributed by atoms with van der Waals surface area (Å²) in [7, 11) is -1.98. The van der Waals surface area contributed by atoms with E-state index in [-0.39, 0.29) is 28.4 Å². The third-order valence-electron chi connectivity index (χ3n) is 5.37. The number of carbonyl (C=O) groups is 1. The maximum absolute atomic E-state index is 12.9. The SMILES string of the molecule is Cc1nc(-c2nnc(NC(=O)c3ccc(S(=O)(=O)N(C)C4CCCCC4)cc3)o2)cs1. The number of hydrogen-bond acceptors (Lipinski definition) is 8. The fourth-order valence-electron chi connectivity index (χ4n) is 3.59. The second-order valence-corrected chi connectivity index (χ2v) is 10.5. The third-order valence-corrected chi connectivity index (χ3v) is 8.06. The first-order valence-electron chi connectivity index (χ1n) is 10.00. The number of anilines is 1. The highest BCUT2D eigenvalue weighted by atomic mass is 32.2. The van der Waals surface area contributed by atoms with E-state index < -0.39 is 15.9 Å². The number of thiazole rings is 1. The second kappa shape index (κ2) is 8.85. The fourth-order valence-corrected chi connectivity index (χ4v) is 5.60. The lowest BCUT2D eigenvalue weighted by molar-refractivity contribution is 0.102. The molecule has 0 saturated heterocycles. The van der Waals surface area contributed by atoms with E-state index in [1.165, 1.54) is 39.9 Å². The molecule has 0 spiro atoms. The van der Waals surface area contributed by atoms with Gasteiger partial charge in [0.1, 0.15) is 5.69 Å². The first-order chi connectivity index (χ1) is 14.8. The number of aromatic nitrogens is 3. The van der Waals surface area contributed by atoms with Crippen molar-refractivity contribution in [3.8, 4) is 11.6 Å².